The summed E-state index contributed by atoms with van der Waals surface area (Å²) in [7, 11) is -2.67. The number of hydrogen-bond donors (Lipinski definition) is 1. The first kappa shape index (κ1) is 6.42. The van der Waals surface area contributed by atoms with Crippen molar-refractivity contribution in [3.63, 3.8) is 0 Å². The maximum Gasteiger partial charge on any atom is 0.151 e. The predicted octanol–water partition coefficient (Wildman–Crippen LogP) is 0.103. The van der Waals surface area contributed by atoms with Crippen molar-refractivity contribution in [1.82, 2.24) is 0 Å². The first-order valence-electron chi connectivity index (χ1n) is 2.49. The Morgan fingerprint density at radius 2 is 2.12 bits per heavy atom. The fourth-order valence-electron chi connectivity index (χ4n) is 0.775. The van der Waals surface area contributed by atoms with E-state index in [0.717, 1.165) is 6.42 Å². The molecular weight excluding hydrogens is 144 g/mol. The highest BCUT2D eigenvalue weighted by Gasteiger charge is 2.24. The molecule has 1 fully saturated rings. The maximum atomic E-state index is 10.6. The highest BCUT2D eigenvalue weighted by molar-refractivity contribution is 7.93. The molecule has 0 aromatic rings. The van der Waals surface area contributed by atoms with Gasteiger partial charge in [0.15, 0.2) is 9.84 Å². The summed E-state index contributed by atoms with van der Waals surface area (Å²) in [5.41, 5.74) is 0. The number of sulfone groups is 1. The average Bonchev–Trinajstić information content (AvgIpc) is 1.82. The summed E-state index contributed by atoms with van der Waals surface area (Å²) in [4.78, 5) is 0. The first-order valence-corrected chi connectivity index (χ1v) is 4.82. The molecule has 0 aromatic heterocycles. The van der Waals surface area contributed by atoms with E-state index in [2.05, 4.69) is 12.6 Å². The van der Waals surface area contributed by atoms with Crippen LogP contribution in [-0.2, 0) is 9.84 Å². The summed E-state index contributed by atoms with van der Waals surface area (Å²) in [5, 5.41) is 0.0972. The first-order chi connectivity index (χ1) is 3.60. The molecule has 0 aromatic carbocycles. The van der Waals surface area contributed by atoms with Crippen molar-refractivity contribution in [2.75, 3.05) is 11.5 Å². The van der Waals surface area contributed by atoms with Crippen molar-refractivity contribution < 1.29 is 8.42 Å². The molecule has 8 heavy (non-hydrogen) atoms. The van der Waals surface area contributed by atoms with Crippen LogP contribution >= 0.6 is 12.6 Å². The molecule has 1 atom stereocenters. The van der Waals surface area contributed by atoms with Gasteiger partial charge in [-0.2, -0.15) is 12.6 Å². The summed E-state index contributed by atoms with van der Waals surface area (Å²) in [5.74, 6) is 0.608. The van der Waals surface area contributed by atoms with Crippen molar-refractivity contribution in [1.29, 1.82) is 0 Å². The second-order valence-corrected chi connectivity index (χ2v) is 5.02. The van der Waals surface area contributed by atoms with Crippen molar-refractivity contribution in [2.45, 2.75) is 11.7 Å². The molecule has 1 aliphatic heterocycles. The monoisotopic (exact) mass is 152 g/mol. The molecule has 0 amide bonds. The Balaban J connectivity index is 2.71. The molecule has 1 heterocycles. The third kappa shape index (κ3) is 1.39. The number of rotatable bonds is 0. The van der Waals surface area contributed by atoms with Crippen molar-refractivity contribution in [2.24, 2.45) is 0 Å². The normalized spacial score (nSPS) is 35.4. The van der Waals surface area contributed by atoms with E-state index < -0.39 is 9.84 Å². The summed E-state index contributed by atoms with van der Waals surface area (Å²) in [6.45, 7) is 0. The summed E-state index contributed by atoms with van der Waals surface area (Å²) < 4.78 is 21.2. The van der Waals surface area contributed by atoms with Gasteiger partial charge in [0.2, 0.25) is 0 Å². The number of thiol groups is 1. The summed E-state index contributed by atoms with van der Waals surface area (Å²) in [6.07, 6.45) is 0.728. The van der Waals surface area contributed by atoms with Crippen LogP contribution in [0.25, 0.3) is 0 Å². The van der Waals surface area contributed by atoms with E-state index in [4.69, 9.17) is 0 Å². The van der Waals surface area contributed by atoms with Crippen LogP contribution in [0.4, 0.5) is 0 Å². The fraction of sp³-hybridized carbons (Fsp3) is 1.00. The van der Waals surface area contributed by atoms with E-state index in [1.54, 1.807) is 0 Å². The molecule has 0 aliphatic carbocycles. The smallest absolute Gasteiger partial charge is 0.151 e. The molecule has 0 bridgehead atoms. The van der Waals surface area contributed by atoms with Crippen LogP contribution in [0.1, 0.15) is 6.42 Å². The molecule has 4 heteroatoms. The SMILES string of the molecule is O=S1(=O)CC[C@H](S)C1. The van der Waals surface area contributed by atoms with Crippen LogP contribution in [0.15, 0.2) is 0 Å². The van der Waals surface area contributed by atoms with E-state index in [-0.39, 0.29) is 11.0 Å². The average molecular weight is 152 g/mol. The molecule has 0 N–H and O–H groups in total. The Hall–Kier alpha value is 0.300. The fourth-order valence-corrected chi connectivity index (χ4v) is 3.32. The second kappa shape index (κ2) is 1.92. The zero-order chi connectivity index (χ0) is 6.20. The number of hydrogen-bond acceptors (Lipinski definition) is 3. The van der Waals surface area contributed by atoms with Gasteiger partial charge in [-0.3, -0.25) is 0 Å². The highest BCUT2D eigenvalue weighted by atomic mass is 32.2. The van der Waals surface area contributed by atoms with E-state index in [1.807, 2.05) is 0 Å². The molecule has 2 nitrogen and oxygen atoms in total. The lowest BCUT2D eigenvalue weighted by atomic mass is 10.4. The molecule has 0 spiro atoms. The van der Waals surface area contributed by atoms with E-state index in [9.17, 15) is 8.42 Å². The lowest BCUT2D eigenvalue weighted by Crippen LogP contribution is -2.03. The van der Waals surface area contributed by atoms with Gasteiger partial charge in [0.25, 0.3) is 0 Å². The zero-order valence-electron chi connectivity index (χ0n) is 4.37. The van der Waals surface area contributed by atoms with Gasteiger partial charge in [0, 0.05) is 5.25 Å². The molecular formula is C4H8O2S2. The lowest BCUT2D eigenvalue weighted by molar-refractivity contribution is 0.602. The van der Waals surface area contributed by atoms with Gasteiger partial charge in [-0.05, 0) is 6.42 Å². The van der Waals surface area contributed by atoms with Crippen LogP contribution in [0.2, 0.25) is 0 Å². The molecule has 48 valence electrons. The minimum absolute atomic E-state index is 0.0972. The maximum absolute atomic E-state index is 10.6. The summed E-state index contributed by atoms with van der Waals surface area (Å²) >= 11 is 4.03. The van der Waals surface area contributed by atoms with Crippen LogP contribution in [0, 0.1) is 0 Å². The zero-order valence-corrected chi connectivity index (χ0v) is 6.08. The van der Waals surface area contributed by atoms with Gasteiger partial charge >= 0.3 is 0 Å². The van der Waals surface area contributed by atoms with Crippen molar-refractivity contribution in [3.05, 3.63) is 0 Å². The summed E-state index contributed by atoms with van der Waals surface area (Å²) in [6, 6.07) is 0. The topological polar surface area (TPSA) is 34.1 Å². The van der Waals surface area contributed by atoms with Crippen molar-refractivity contribution >= 4 is 22.5 Å². The largest absolute Gasteiger partial charge is 0.229 e. The van der Waals surface area contributed by atoms with E-state index in [1.165, 1.54) is 0 Å². The molecule has 1 saturated heterocycles. The van der Waals surface area contributed by atoms with E-state index in [0.29, 0.717) is 5.75 Å². The van der Waals surface area contributed by atoms with Crippen LogP contribution < -0.4 is 0 Å². The Kier molecular flexibility index (Phi) is 1.54. The third-order valence-corrected chi connectivity index (χ3v) is 3.66. The second-order valence-electron chi connectivity index (χ2n) is 2.06. The Bertz CT molecular complexity index is 170. The van der Waals surface area contributed by atoms with Crippen LogP contribution in [0.3, 0.4) is 0 Å². The van der Waals surface area contributed by atoms with Gasteiger partial charge < -0.3 is 0 Å². The Morgan fingerprint density at radius 3 is 2.25 bits per heavy atom. The third-order valence-electron chi connectivity index (χ3n) is 1.21. The van der Waals surface area contributed by atoms with Gasteiger partial charge in [0.05, 0.1) is 11.5 Å². The molecule has 0 unspecified atom stereocenters. The standard InChI is InChI=1S/C4H8O2S2/c5-8(6)2-1-4(7)3-8/h4,7H,1-3H2/t4-/m0/s1. The molecule has 0 radical (unpaired) electrons. The van der Waals surface area contributed by atoms with Gasteiger partial charge in [-0.1, -0.05) is 0 Å². The molecule has 1 aliphatic rings. The molecule has 0 saturated carbocycles. The molecule has 1 rings (SSSR count). The minimum Gasteiger partial charge on any atom is -0.229 e. The highest BCUT2D eigenvalue weighted by Crippen LogP contribution is 2.15. The van der Waals surface area contributed by atoms with Gasteiger partial charge in [0.1, 0.15) is 0 Å². The Morgan fingerprint density at radius 1 is 1.50 bits per heavy atom. The van der Waals surface area contributed by atoms with Gasteiger partial charge in [-0.25, -0.2) is 8.42 Å². The predicted molar refractivity (Wildman–Crippen MR) is 36.0 cm³/mol. The lowest BCUT2D eigenvalue weighted by Gasteiger charge is -1.89. The van der Waals surface area contributed by atoms with Crippen LogP contribution in [0.5, 0.6) is 0 Å². The van der Waals surface area contributed by atoms with Crippen LogP contribution in [-0.4, -0.2) is 25.2 Å². The van der Waals surface area contributed by atoms with E-state index >= 15 is 0 Å². The van der Waals surface area contributed by atoms with Crippen molar-refractivity contribution in [3.8, 4) is 0 Å². The Labute approximate surface area is 54.6 Å². The quantitative estimate of drug-likeness (QED) is 0.500. The van der Waals surface area contributed by atoms with Gasteiger partial charge in [-0.15, -0.1) is 0 Å². The minimum atomic E-state index is -2.67.